The highest BCUT2D eigenvalue weighted by molar-refractivity contribution is 5.90. The summed E-state index contributed by atoms with van der Waals surface area (Å²) in [5, 5.41) is 14.3. The number of carbonyl (C=O) groups is 1. The normalized spacial score (nSPS) is 10.5. The number of nitriles is 1. The van der Waals surface area contributed by atoms with E-state index in [0.717, 1.165) is 12.1 Å². The Kier molecular flexibility index (Phi) is 5.67. The average molecular weight is 387 g/mol. The molecule has 2 aromatic heterocycles. The molecule has 0 saturated carbocycles. The summed E-state index contributed by atoms with van der Waals surface area (Å²) >= 11 is 0. The number of hydrogen-bond acceptors (Lipinski definition) is 5. The second-order valence-corrected chi connectivity index (χ2v) is 5.59. The molecule has 0 saturated heterocycles. The van der Waals surface area contributed by atoms with E-state index in [-0.39, 0.29) is 23.5 Å². The predicted molar refractivity (Wildman–Crippen MR) is 96.1 cm³/mol. The summed E-state index contributed by atoms with van der Waals surface area (Å²) in [6, 6.07) is 4.57. The van der Waals surface area contributed by atoms with Crippen LogP contribution < -0.4 is 15.4 Å². The number of urea groups is 1. The Morgan fingerprint density at radius 1 is 1.36 bits per heavy atom. The summed E-state index contributed by atoms with van der Waals surface area (Å²) in [4.78, 5) is 18.5. The van der Waals surface area contributed by atoms with E-state index in [2.05, 4.69) is 20.6 Å². The van der Waals surface area contributed by atoms with Crippen molar-refractivity contribution in [3.05, 3.63) is 47.8 Å². The van der Waals surface area contributed by atoms with Crippen LogP contribution in [0, 0.1) is 23.0 Å². The molecule has 0 aliphatic rings. The number of ether oxygens (including phenoxy) is 2. The van der Waals surface area contributed by atoms with Gasteiger partial charge in [-0.15, -0.1) is 0 Å². The Morgan fingerprint density at radius 2 is 2.11 bits per heavy atom. The molecule has 1 aromatic carbocycles. The van der Waals surface area contributed by atoms with Crippen LogP contribution in [0.2, 0.25) is 0 Å². The van der Waals surface area contributed by atoms with Crippen LogP contribution in [0.25, 0.3) is 11.0 Å². The molecular formula is C18H15F2N5O3. The molecular weight excluding hydrogens is 372 g/mol. The van der Waals surface area contributed by atoms with Gasteiger partial charge in [0.2, 0.25) is 0 Å². The van der Waals surface area contributed by atoms with Crippen LogP contribution in [0.1, 0.15) is 5.56 Å². The van der Waals surface area contributed by atoms with Gasteiger partial charge in [-0.3, -0.25) is 0 Å². The maximum atomic E-state index is 14.4. The zero-order valence-electron chi connectivity index (χ0n) is 14.7. The number of aromatic nitrogens is 2. The van der Waals surface area contributed by atoms with Gasteiger partial charge in [0.25, 0.3) is 0 Å². The minimum atomic E-state index is -1.02. The van der Waals surface area contributed by atoms with Gasteiger partial charge < -0.3 is 25.1 Å². The Hall–Kier alpha value is -3.71. The first-order chi connectivity index (χ1) is 13.5. The molecule has 144 valence electrons. The summed E-state index contributed by atoms with van der Waals surface area (Å²) in [5.74, 6) is -2.64. The van der Waals surface area contributed by atoms with Gasteiger partial charge in [-0.25, -0.2) is 18.6 Å². The van der Waals surface area contributed by atoms with Crippen molar-refractivity contribution < 1.29 is 23.0 Å². The maximum Gasteiger partial charge on any atom is 0.319 e. The van der Waals surface area contributed by atoms with Gasteiger partial charge in [0.15, 0.2) is 17.4 Å². The van der Waals surface area contributed by atoms with Crippen molar-refractivity contribution in [1.29, 1.82) is 5.26 Å². The van der Waals surface area contributed by atoms with E-state index in [9.17, 15) is 13.6 Å². The van der Waals surface area contributed by atoms with Crippen LogP contribution in [0.4, 0.5) is 19.3 Å². The molecule has 3 rings (SSSR count). The summed E-state index contributed by atoms with van der Waals surface area (Å²) in [6.45, 7) is 0.539. The number of hydrogen-bond donors (Lipinski definition) is 3. The van der Waals surface area contributed by atoms with Crippen LogP contribution in [0.15, 0.2) is 30.6 Å². The Balaban J connectivity index is 1.84. The lowest BCUT2D eigenvalue weighted by Crippen LogP contribution is -2.31. The summed E-state index contributed by atoms with van der Waals surface area (Å²) in [7, 11) is 1.48. The molecule has 0 spiro atoms. The fourth-order valence-corrected chi connectivity index (χ4v) is 2.48. The first kappa shape index (κ1) is 19.1. The molecule has 2 heterocycles. The third-order valence-electron chi connectivity index (χ3n) is 3.72. The number of benzene rings is 1. The smallest absolute Gasteiger partial charge is 0.319 e. The van der Waals surface area contributed by atoms with Crippen molar-refractivity contribution in [3.63, 3.8) is 0 Å². The van der Waals surface area contributed by atoms with E-state index in [4.69, 9.17) is 14.7 Å². The van der Waals surface area contributed by atoms with Crippen LogP contribution in [0.3, 0.4) is 0 Å². The van der Waals surface area contributed by atoms with E-state index in [1.165, 1.54) is 25.6 Å². The first-order valence-electron chi connectivity index (χ1n) is 8.10. The molecule has 28 heavy (non-hydrogen) atoms. The highest BCUT2D eigenvalue weighted by Gasteiger charge is 2.18. The second kappa shape index (κ2) is 8.32. The summed E-state index contributed by atoms with van der Waals surface area (Å²) < 4.78 is 39.0. The molecule has 3 N–H and O–H groups in total. The number of methoxy groups -OCH3 is 1. The highest BCUT2D eigenvalue weighted by atomic mass is 19.1. The second-order valence-electron chi connectivity index (χ2n) is 5.59. The van der Waals surface area contributed by atoms with E-state index in [1.807, 2.05) is 6.07 Å². The van der Waals surface area contributed by atoms with Gasteiger partial charge in [0.05, 0.1) is 17.6 Å². The van der Waals surface area contributed by atoms with Crippen molar-refractivity contribution in [3.8, 4) is 17.6 Å². The molecule has 0 aliphatic heterocycles. The Bertz CT molecular complexity index is 1040. The standard InChI is InChI=1S/C18H15F2N5O3/c1-27-5-4-23-18(26)25-11-6-12(19)16(13(20)7-11)28-14-2-3-22-17-15(14)10(8-21)9-24-17/h2-3,6-7,9H,4-5H2,1H3,(H,22,24)(H2,23,25,26). The van der Waals surface area contributed by atoms with Crippen LogP contribution in [-0.4, -0.2) is 36.3 Å². The number of H-pyrrole nitrogens is 1. The fraction of sp³-hybridized carbons (Fsp3) is 0.167. The molecule has 10 heteroatoms. The lowest BCUT2D eigenvalue weighted by atomic mass is 10.2. The average Bonchev–Trinajstić information content (AvgIpc) is 3.09. The van der Waals surface area contributed by atoms with Crippen molar-refractivity contribution in [1.82, 2.24) is 15.3 Å². The molecule has 0 fully saturated rings. The number of carbonyl (C=O) groups excluding carboxylic acids is 1. The number of fused-ring (bicyclic) bond motifs is 1. The molecule has 0 unspecified atom stereocenters. The van der Waals surface area contributed by atoms with Gasteiger partial charge >= 0.3 is 6.03 Å². The molecule has 2 amide bonds. The van der Waals surface area contributed by atoms with Crippen LogP contribution >= 0.6 is 0 Å². The van der Waals surface area contributed by atoms with E-state index < -0.39 is 23.4 Å². The van der Waals surface area contributed by atoms with Crippen LogP contribution in [-0.2, 0) is 4.74 Å². The topological polar surface area (TPSA) is 112 Å². The molecule has 0 radical (unpaired) electrons. The summed E-state index contributed by atoms with van der Waals surface area (Å²) in [6.07, 6.45) is 2.80. The number of nitrogens with zero attached hydrogens (tertiary/aromatic N) is 2. The van der Waals surface area contributed by atoms with Crippen molar-refractivity contribution in [2.75, 3.05) is 25.6 Å². The van der Waals surface area contributed by atoms with Gasteiger partial charge in [-0.05, 0) is 6.07 Å². The molecule has 8 nitrogen and oxygen atoms in total. The molecule has 0 bridgehead atoms. The zero-order chi connectivity index (χ0) is 20.1. The third-order valence-corrected chi connectivity index (χ3v) is 3.72. The number of amides is 2. The van der Waals surface area contributed by atoms with E-state index in [0.29, 0.717) is 17.6 Å². The third kappa shape index (κ3) is 3.99. The highest BCUT2D eigenvalue weighted by Crippen LogP contribution is 2.34. The van der Waals surface area contributed by atoms with Crippen molar-refractivity contribution >= 4 is 22.8 Å². The number of rotatable bonds is 6. The lowest BCUT2D eigenvalue weighted by molar-refractivity contribution is 0.198. The minimum absolute atomic E-state index is 0.0682. The van der Waals surface area contributed by atoms with Gasteiger partial charge in [-0.1, -0.05) is 0 Å². The number of halogens is 2. The number of nitrogens with one attached hydrogen (secondary N) is 3. The van der Waals surface area contributed by atoms with Crippen molar-refractivity contribution in [2.45, 2.75) is 0 Å². The van der Waals surface area contributed by atoms with E-state index >= 15 is 0 Å². The maximum absolute atomic E-state index is 14.4. The number of anilines is 1. The Labute approximate surface area is 158 Å². The van der Waals surface area contributed by atoms with Gasteiger partial charge in [-0.2, -0.15) is 5.26 Å². The predicted octanol–water partition coefficient (Wildman–Crippen LogP) is 3.27. The number of aromatic amines is 1. The first-order valence-corrected chi connectivity index (χ1v) is 8.10. The Morgan fingerprint density at radius 3 is 2.79 bits per heavy atom. The quantitative estimate of drug-likeness (QED) is 0.562. The number of pyridine rings is 1. The zero-order valence-corrected chi connectivity index (χ0v) is 14.7. The SMILES string of the molecule is COCCNC(=O)Nc1cc(F)c(Oc2ccnc3[nH]cc(C#N)c23)c(F)c1. The van der Waals surface area contributed by atoms with Gasteiger partial charge in [0.1, 0.15) is 17.5 Å². The van der Waals surface area contributed by atoms with Gasteiger partial charge in [0, 0.05) is 43.9 Å². The van der Waals surface area contributed by atoms with Crippen molar-refractivity contribution in [2.24, 2.45) is 0 Å². The molecule has 0 aliphatic carbocycles. The monoisotopic (exact) mass is 387 g/mol. The lowest BCUT2D eigenvalue weighted by Gasteiger charge is -2.12. The largest absolute Gasteiger partial charge is 0.450 e. The minimum Gasteiger partial charge on any atom is -0.450 e. The van der Waals surface area contributed by atoms with Crippen LogP contribution in [0.5, 0.6) is 11.5 Å². The fourth-order valence-electron chi connectivity index (χ4n) is 2.48. The van der Waals surface area contributed by atoms with E-state index in [1.54, 1.807) is 0 Å². The molecule has 0 atom stereocenters. The molecule has 3 aromatic rings. The summed E-state index contributed by atoms with van der Waals surface area (Å²) in [5.41, 5.74) is 0.488.